The molecule has 0 atom stereocenters. The van der Waals surface area contributed by atoms with Crippen LogP contribution in [0.15, 0.2) is 30.7 Å². The summed E-state index contributed by atoms with van der Waals surface area (Å²) >= 11 is -0.559. The summed E-state index contributed by atoms with van der Waals surface area (Å²) in [6.45, 7) is 8.23. The molecule has 3 N–H and O–H groups in total. The zero-order valence-corrected chi connectivity index (χ0v) is 18.7. The first-order valence-electron chi connectivity index (χ1n) is 8.25. The Labute approximate surface area is 166 Å². The van der Waals surface area contributed by atoms with Gasteiger partial charge in [-0.15, -0.1) is 0 Å². The van der Waals surface area contributed by atoms with E-state index in [1.807, 2.05) is 21.8 Å². The number of imidazole rings is 1. The number of hydrogen-bond donors (Lipinski definition) is 2. The van der Waals surface area contributed by atoms with Crippen LogP contribution in [0.4, 0.5) is 16.2 Å². The minimum atomic E-state index is -1.08. The fourth-order valence-corrected chi connectivity index (χ4v) is 3.47. The first-order chi connectivity index (χ1) is 12.3. The Morgan fingerprint density at radius 2 is 2.15 bits per heavy atom. The predicted octanol–water partition coefficient (Wildman–Crippen LogP) is 0.627. The number of alkyl halides is 1. The van der Waals surface area contributed by atoms with Gasteiger partial charge in [0.1, 0.15) is 0 Å². The van der Waals surface area contributed by atoms with Crippen molar-refractivity contribution < 1.29 is 34.2 Å². The van der Waals surface area contributed by atoms with Gasteiger partial charge in [0.15, 0.2) is 0 Å². The van der Waals surface area contributed by atoms with Gasteiger partial charge < -0.3 is 0 Å². The zero-order valence-electron chi connectivity index (χ0n) is 15.6. The molecule has 144 valence electrons. The summed E-state index contributed by atoms with van der Waals surface area (Å²) in [4.78, 5) is 17.8. The van der Waals surface area contributed by atoms with E-state index in [4.69, 9.17) is 13.5 Å². The maximum atomic E-state index is 11.5. The third-order valence-corrected chi connectivity index (χ3v) is 6.14. The van der Waals surface area contributed by atoms with Crippen LogP contribution in [0, 0.1) is 0 Å². The molecule has 2 rings (SSSR count). The number of nitrogens with two attached hydrogens (primary N) is 1. The summed E-state index contributed by atoms with van der Waals surface area (Å²) in [5.41, 5.74) is 8.84. The first-order valence-corrected chi connectivity index (χ1v) is 15.0. The second-order valence-corrected chi connectivity index (χ2v) is 14.0. The van der Waals surface area contributed by atoms with E-state index < -0.39 is 35.8 Å². The topological polar surface area (TPSA) is 91.4 Å². The van der Waals surface area contributed by atoms with Gasteiger partial charge in [0.2, 0.25) is 0 Å². The van der Waals surface area contributed by atoms with Crippen LogP contribution in [0.25, 0.3) is 11.3 Å². The van der Waals surface area contributed by atoms with Gasteiger partial charge in [-0.2, -0.15) is 0 Å². The molecule has 0 unspecified atom stereocenters. The molecule has 0 spiro atoms. The van der Waals surface area contributed by atoms with Crippen molar-refractivity contribution in [2.24, 2.45) is 0 Å². The summed E-state index contributed by atoms with van der Waals surface area (Å²) in [6.07, 6.45) is 3.19. The summed E-state index contributed by atoms with van der Waals surface area (Å²) in [7, 11) is -1.08. The summed E-state index contributed by atoms with van der Waals surface area (Å²) in [6, 6.07) is 6.46. The van der Waals surface area contributed by atoms with Gasteiger partial charge in [0, 0.05) is 14.7 Å². The van der Waals surface area contributed by atoms with Gasteiger partial charge in [-0.25, -0.2) is 0 Å². The van der Waals surface area contributed by atoms with Crippen LogP contribution in [0.2, 0.25) is 25.7 Å². The van der Waals surface area contributed by atoms with Crippen molar-refractivity contribution in [2.45, 2.75) is 32.4 Å². The number of aromatic nitrogens is 2. The van der Waals surface area contributed by atoms with Gasteiger partial charge in [-0.1, -0.05) is 19.6 Å². The summed E-state index contributed by atoms with van der Waals surface area (Å²) < 4.78 is 12.6. The molecule has 1 aromatic heterocycles. The Bertz CT molecular complexity index is 746. The summed E-state index contributed by atoms with van der Waals surface area (Å²) in [5.74, 6) is 0. The van der Waals surface area contributed by atoms with Gasteiger partial charge in [-0.05, 0) is 6.04 Å². The molecule has 0 radical (unpaired) electrons. The molecule has 0 bridgehead atoms. The Morgan fingerprint density at radius 1 is 1.38 bits per heavy atom. The molecule has 0 aliphatic heterocycles. The molecule has 0 aliphatic rings. The Hall–Kier alpha value is -1.59. The van der Waals surface area contributed by atoms with Crippen LogP contribution in [0.1, 0.15) is 0 Å². The normalized spacial score (nSPS) is 11.5. The van der Waals surface area contributed by atoms with Crippen LogP contribution in [-0.4, -0.2) is 35.3 Å². The van der Waals surface area contributed by atoms with E-state index in [2.05, 4.69) is 29.9 Å². The second kappa shape index (κ2) is 9.37. The Morgan fingerprint density at radius 3 is 2.81 bits per heavy atom. The van der Waals surface area contributed by atoms with E-state index in [9.17, 15) is 4.79 Å². The standard InChI is InChI=1S/C17H26IN4O3Si/c1-18-25-17(23)21-13-5-6-14(15(19)9-13)16-10-22(11-20-16)12-24-7-8-26(2,3)4/h5-6,9-11H,7-8,12,19H2,1-4H3,(H,21,23)/q-1. The number of carbonyl (C=O) groups is 1. The monoisotopic (exact) mass is 489 g/mol. The van der Waals surface area contributed by atoms with Crippen molar-refractivity contribution in [3.05, 3.63) is 30.7 Å². The number of nitrogens with one attached hydrogen (secondary N) is 1. The number of carbonyl (C=O) groups excluding carboxylic acids is 1. The number of halogens is 1. The molecule has 0 saturated heterocycles. The molecular formula is C17H26IN4O3Si-. The van der Waals surface area contributed by atoms with Gasteiger partial charge in [-0.3, -0.25) is 0 Å². The number of nitrogen functional groups attached to an aromatic ring is 1. The number of amides is 1. The summed E-state index contributed by atoms with van der Waals surface area (Å²) in [5, 5.41) is 2.66. The maximum absolute atomic E-state index is 11.5. The number of ether oxygens (including phenoxy) is 1. The van der Waals surface area contributed by atoms with E-state index in [1.165, 1.54) is 0 Å². The quantitative estimate of drug-likeness (QED) is 0.187. The molecule has 0 aliphatic carbocycles. The van der Waals surface area contributed by atoms with Crippen LogP contribution in [-0.2, 0) is 14.5 Å². The Balaban J connectivity index is 1.96. The first kappa shape index (κ1) is 20.7. The van der Waals surface area contributed by atoms with Crippen LogP contribution >= 0.6 is 0 Å². The fourth-order valence-electron chi connectivity index (χ4n) is 2.20. The van der Waals surface area contributed by atoms with Crippen molar-refractivity contribution >= 4 is 25.5 Å². The van der Waals surface area contributed by atoms with E-state index in [0.717, 1.165) is 23.9 Å². The molecule has 1 amide bonds. The van der Waals surface area contributed by atoms with E-state index >= 15 is 0 Å². The number of benzene rings is 1. The fraction of sp³-hybridized carbons (Fsp3) is 0.412. The molecule has 26 heavy (non-hydrogen) atoms. The van der Waals surface area contributed by atoms with Gasteiger partial charge >= 0.3 is 126 Å². The van der Waals surface area contributed by atoms with E-state index in [0.29, 0.717) is 18.1 Å². The molecule has 0 saturated carbocycles. The van der Waals surface area contributed by atoms with Crippen LogP contribution < -0.4 is 32.7 Å². The molecule has 1 aromatic carbocycles. The van der Waals surface area contributed by atoms with Crippen molar-refractivity contribution in [1.82, 2.24) is 9.55 Å². The number of rotatable bonds is 8. The van der Waals surface area contributed by atoms with E-state index in [-0.39, 0.29) is 0 Å². The molecule has 2 aromatic rings. The number of nitrogens with zero attached hydrogens (tertiary/aromatic N) is 2. The van der Waals surface area contributed by atoms with E-state index in [1.54, 1.807) is 18.5 Å². The van der Waals surface area contributed by atoms with Gasteiger partial charge in [0.25, 0.3) is 0 Å². The van der Waals surface area contributed by atoms with Crippen molar-refractivity contribution in [3.63, 3.8) is 0 Å². The van der Waals surface area contributed by atoms with Crippen molar-refractivity contribution in [3.8, 4) is 11.3 Å². The number of hydrogen-bond acceptors (Lipinski definition) is 5. The molecule has 0 fully saturated rings. The Kier molecular flexibility index (Phi) is 7.47. The molecule has 1 heterocycles. The van der Waals surface area contributed by atoms with Crippen LogP contribution in [0.3, 0.4) is 0 Å². The minimum absolute atomic E-state index is 0.452. The molecule has 9 heteroatoms. The number of anilines is 2. The average Bonchev–Trinajstić information content (AvgIpc) is 2.99. The molecular weight excluding hydrogens is 463 g/mol. The van der Waals surface area contributed by atoms with Crippen molar-refractivity contribution in [1.29, 1.82) is 0 Å². The third kappa shape index (κ3) is 6.61. The second-order valence-electron chi connectivity index (χ2n) is 7.07. The predicted molar refractivity (Wildman–Crippen MR) is 102 cm³/mol. The third-order valence-electron chi connectivity index (χ3n) is 3.59. The average molecular weight is 489 g/mol. The van der Waals surface area contributed by atoms with Crippen LogP contribution in [0.5, 0.6) is 0 Å². The zero-order chi connectivity index (χ0) is 19.2. The SMILES string of the molecule is C[I-]OC(=O)Nc1ccc(-c2cn(COCC[Si](C)(C)C)cn2)c(N)c1. The van der Waals surface area contributed by atoms with Gasteiger partial charge in [0.05, 0.1) is 0 Å². The van der Waals surface area contributed by atoms with Crippen molar-refractivity contribution in [2.75, 3.05) is 22.6 Å². The molecule has 7 nitrogen and oxygen atoms in total.